The van der Waals surface area contributed by atoms with Crippen LogP contribution in [0.1, 0.15) is 19.5 Å². The Morgan fingerprint density at radius 2 is 2.12 bits per heavy atom. The average Bonchev–Trinajstić information content (AvgIpc) is 2.33. The van der Waals surface area contributed by atoms with E-state index in [4.69, 9.17) is 15.3 Å². The predicted molar refractivity (Wildman–Crippen MR) is 67.4 cm³/mol. The third-order valence-corrected chi connectivity index (χ3v) is 2.06. The first-order valence-corrected chi connectivity index (χ1v) is 5.79. The Labute approximate surface area is 102 Å². The molecule has 0 atom stereocenters. The highest BCUT2D eigenvalue weighted by molar-refractivity contribution is 5.41. The van der Waals surface area contributed by atoms with Crippen molar-refractivity contribution >= 4 is 5.69 Å². The molecule has 5 nitrogen and oxygen atoms in total. The van der Waals surface area contributed by atoms with Crippen molar-refractivity contribution in [2.45, 2.75) is 20.5 Å². The summed E-state index contributed by atoms with van der Waals surface area (Å²) in [5.74, 6) is 5.86. The van der Waals surface area contributed by atoms with Crippen LogP contribution in [0.5, 0.6) is 0 Å². The van der Waals surface area contributed by atoms with Crippen LogP contribution in [0, 0.1) is 5.92 Å². The molecule has 17 heavy (non-hydrogen) atoms. The van der Waals surface area contributed by atoms with Crippen LogP contribution in [-0.4, -0.2) is 24.8 Å². The molecule has 0 bridgehead atoms. The van der Waals surface area contributed by atoms with E-state index in [1.54, 1.807) is 12.3 Å². The first-order chi connectivity index (χ1) is 8.22. The van der Waals surface area contributed by atoms with E-state index in [0.29, 0.717) is 25.7 Å². The molecule has 3 N–H and O–H groups in total. The van der Waals surface area contributed by atoms with Gasteiger partial charge in [0.1, 0.15) is 0 Å². The van der Waals surface area contributed by atoms with E-state index in [1.165, 1.54) is 0 Å². The molecule has 96 valence electrons. The number of nitrogens with zero attached hydrogens (tertiary/aromatic N) is 1. The van der Waals surface area contributed by atoms with Crippen molar-refractivity contribution in [1.82, 2.24) is 4.98 Å². The third-order valence-electron chi connectivity index (χ3n) is 2.06. The molecule has 0 amide bonds. The molecule has 1 aromatic rings. The van der Waals surface area contributed by atoms with Crippen LogP contribution in [0.25, 0.3) is 0 Å². The molecule has 0 aliphatic heterocycles. The molecule has 1 rings (SSSR count). The summed E-state index contributed by atoms with van der Waals surface area (Å²) in [6.07, 6.45) is 1.70. The number of aromatic nitrogens is 1. The van der Waals surface area contributed by atoms with Gasteiger partial charge in [0, 0.05) is 12.8 Å². The van der Waals surface area contributed by atoms with E-state index in [1.807, 2.05) is 6.07 Å². The van der Waals surface area contributed by atoms with Crippen molar-refractivity contribution in [3.8, 4) is 0 Å². The summed E-state index contributed by atoms with van der Waals surface area (Å²) in [7, 11) is 0. The summed E-state index contributed by atoms with van der Waals surface area (Å²) < 4.78 is 10.8. The number of hydrazine groups is 1. The number of rotatable bonds is 8. The average molecular weight is 239 g/mol. The fourth-order valence-electron chi connectivity index (χ4n) is 1.26. The zero-order valence-corrected chi connectivity index (χ0v) is 10.5. The number of pyridine rings is 1. The van der Waals surface area contributed by atoms with Gasteiger partial charge in [0.25, 0.3) is 0 Å². The highest BCUT2D eigenvalue weighted by atomic mass is 16.5. The molecule has 0 fully saturated rings. The highest BCUT2D eigenvalue weighted by Gasteiger charge is 1.97. The molecule has 0 spiro atoms. The zero-order chi connectivity index (χ0) is 12.5. The van der Waals surface area contributed by atoms with Crippen LogP contribution >= 0.6 is 0 Å². The minimum absolute atomic E-state index is 0.473. The standard InChI is InChI=1S/C12H21N3O2/c1-10(2)8-16-5-6-17-9-12-7-11(15-13)3-4-14-12/h3-4,7,10H,5-6,8-9,13H2,1-2H3,(H,14,15). The van der Waals surface area contributed by atoms with Crippen molar-refractivity contribution in [2.75, 3.05) is 25.2 Å². The minimum Gasteiger partial charge on any atom is -0.379 e. The number of hydrogen-bond acceptors (Lipinski definition) is 5. The molecule has 1 aromatic heterocycles. The van der Waals surface area contributed by atoms with Gasteiger partial charge < -0.3 is 14.9 Å². The lowest BCUT2D eigenvalue weighted by Crippen LogP contribution is -2.10. The van der Waals surface area contributed by atoms with Crippen LogP contribution in [0.4, 0.5) is 5.69 Å². The molecule has 0 aliphatic rings. The first-order valence-electron chi connectivity index (χ1n) is 5.79. The topological polar surface area (TPSA) is 69.4 Å². The summed E-state index contributed by atoms with van der Waals surface area (Å²) in [5.41, 5.74) is 4.25. The summed E-state index contributed by atoms with van der Waals surface area (Å²) in [5, 5.41) is 0. The lowest BCUT2D eigenvalue weighted by molar-refractivity contribution is 0.0305. The van der Waals surface area contributed by atoms with Gasteiger partial charge in [0.15, 0.2) is 0 Å². The Morgan fingerprint density at radius 3 is 2.82 bits per heavy atom. The monoisotopic (exact) mass is 239 g/mol. The van der Waals surface area contributed by atoms with Gasteiger partial charge in [-0.25, -0.2) is 0 Å². The van der Waals surface area contributed by atoms with Crippen LogP contribution in [0.2, 0.25) is 0 Å². The van der Waals surface area contributed by atoms with E-state index in [2.05, 4.69) is 24.3 Å². The molecule has 0 radical (unpaired) electrons. The SMILES string of the molecule is CC(C)COCCOCc1cc(NN)ccn1. The van der Waals surface area contributed by atoms with Gasteiger partial charge in [-0.2, -0.15) is 0 Å². The van der Waals surface area contributed by atoms with Gasteiger partial charge in [-0.1, -0.05) is 13.8 Å². The predicted octanol–water partition coefficient (Wildman–Crippen LogP) is 1.56. The van der Waals surface area contributed by atoms with E-state index < -0.39 is 0 Å². The third kappa shape index (κ3) is 6.21. The van der Waals surface area contributed by atoms with Crippen LogP contribution in [0.15, 0.2) is 18.3 Å². The number of nitrogens with one attached hydrogen (secondary N) is 1. The lowest BCUT2D eigenvalue weighted by atomic mass is 10.2. The van der Waals surface area contributed by atoms with Gasteiger partial charge in [-0.3, -0.25) is 10.8 Å². The Morgan fingerprint density at radius 1 is 1.35 bits per heavy atom. The van der Waals surface area contributed by atoms with E-state index in [-0.39, 0.29) is 0 Å². The molecule has 0 unspecified atom stereocenters. The molecule has 0 saturated heterocycles. The largest absolute Gasteiger partial charge is 0.379 e. The van der Waals surface area contributed by atoms with E-state index in [0.717, 1.165) is 18.0 Å². The molecule has 0 aromatic carbocycles. The Balaban J connectivity index is 2.13. The Hall–Kier alpha value is -1.17. The number of hydrogen-bond donors (Lipinski definition) is 2. The maximum Gasteiger partial charge on any atom is 0.0889 e. The summed E-state index contributed by atoms with van der Waals surface area (Å²) in [4.78, 5) is 4.17. The summed E-state index contributed by atoms with van der Waals surface area (Å²) in [6, 6.07) is 3.66. The van der Waals surface area contributed by atoms with Crippen molar-refractivity contribution in [2.24, 2.45) is 11.8 Å². The number of nitrogens with two attached hydrogens (primary N) is 1. The molecule has 0 saturated carbocycles. The van der Waals surface area contributed by atoms with Crippen molar-refractivity contribution < 1.29 is 9.47 Å². The number of anilines is 1. The minimum atomic E-state index is 0.473. The molecule has 5 heteroatoms. The summed E-state index contributed by atoms with van der Waals surface area (Å²) >= 11 is 0. The molecule has 0 aliphatic carbocycles. The van der Waals surface area contributed by atoms with Gasteiger partial charge in [0.05, 0.1) is 31.2 Å². The smallest absolute Gasteiger partial charge is 0.0889 e. The second-order valence-corrected chi connectivity index (χ2v) is 4.20. The molecular weight excluding hydrogens is 218 g/mol. The van der Waals surface area contributed by atoms with Crippen molar-refractivity contribution in [3.05, 3.63) is 24.0 Å². The van der Waals surface area contributed by atoms with Crippen molar-refractivity contribution in [3.63, 3.8) is 0 Å². The maximum absolute atomic E-state index is 5.44. The quantitative estimate of drug-likeness (QED) is 0.409. The first kappa shape index (κ1) is 13.9. The van der Waals surface area contributed by atoms with Gasteiger partial charge in [-0.15, -0.1) is 0 Å². The highest BCUT2D eigenvalue weighted by Crippen LogP contribution is 2.06. The van der Waals surface area contributed by atoms with Crippen LogP contribution in [-0.2, 0) is 16.1 Å². The zero-order valence-electron chi connectivity index (χ0n) is 10.5. The Bertz CT molecular complexity index is 318. The molecule has 1 heterocycles. The Kier molecular flexibility index (Phi) is 6.54. The lowest BCUT2D eigenvalue weighted by Gasteiger charge is -2.08. The maximum atomic E-state index is 5.44. The van der Waals surface area contributed by atoms with Crippen LogP contribution in [0.3, 0.4) is 0 Å². The summed E-state index contributed by atoms with van der Waals surface area (Å²) in [6.45, 7) is 6.68. The van der Waals surface area contributed by atoms with Gasteiger partial charge >= 0.3 is 0 Å². The molecular formula is C12H21N3O2. The van der Waals surface area contributed by atoms with Gasteiger partial charge in [-0.05, 0) is 18.1 Å². The number of ether oxygens (including phenoxy) is 2. The fourth-order valence-corrected chi connectivity index (χ4v) is 1.26. The van der Waals surface area contributed by atoms with Gasteiger partial charge in [0.2, 0.25) is 0 Å². The fraction of sp³-hybridized carbons (Fsp3) is 0.583. The van der Waals surface area contributed by atoms with E-state index in [9.17, 15) is 0 Å². The van der Waals surface area contributed by atoms with Crippen LogP contribution < -0.4 is 11.3 Å². The van der Waals surface area contributed by atoms with Crippen molar-refractivity contribution in [1.29, 1.82) is 0 Å². The normalized spacial score (nSPS) is 10.8. The second-order valence-electron chi connectivity index (χ2n) is 4.20. The second kappa shape index (κ2) is 8.00. The van der Waals surface area contributed by atoms with E-state index >= 15 is 0 Å². The number of nitrogen functional groups attached to an aromatic ring is 1.